The third-order valence-corrected chi connectivity index (χ3v) is 2.97. The molecule has 18 heavy (non-hydrogen) atoms. The quantitative estimate of drug-likeness (QED) is 0.630. The highest BCUT2D eigenvalue weighted by atomic mass is 16.6. The van der Waals surface area contributed by atoms with Crippen molar-refractivity contribution in [3.63, 3.8) is 0 Å². The van der Waals surface area contributed by atoms with Gasteiger partial charge in [-0.2, -0.15) is 0 Å². The van der Waals surface area contributed by atoms with Crippen LogP contribution in [0.1, 0.15) is 19.3 Å². The number of benzene rings is 1. The fraction of sp³-hybridized carbons (Fsp3) is 0.417. The maximum atomic E-state index is 11.9. The molecule has 0 bridgehead atoms. The van der Waals surface area contributed by atoms with Crippen LogP contribution < -0.4 is 10.6 Å². The molecule has 6 heteroatoms. The zero-order chi connectivity index (χ0) is 13.0. The van der Waals surface area contributed by atoms with Crippen LogP contribution in [0.4, 0.5) is 11.4 Å². The number of nitro benzene ring substituents is 1. The standard InChI is InChI=1S/C12H15N3O3/c16-12(11-3-1-2-8-13-11)14-9-4-6-10(7-5-9)15(17)18/h4-7,11,13H,1-3,8H2,(H,14,16)/t11-/m1/s1. The fourth-order valence-corrected chi connectivity index (χ4v) is 1.97. The molecule has 1 amide bonds. The van der Waals surface area contributed by atoms with Gasteiger partial charge < -0.3 is 10.6 Å². The first-order valence-corrected chi connectivity index (χ1v) is 5.95. The molecule has 2 rings (SSSR count). The second-order valence-corrected chi connectivity index (χ2v) is 4.30. The van der Waals surface area contributed by atoms with Crippen molar-refractivity contribution in [2.45, 2.75) is 25.3 Å². The second-order valence-electron chi connectivity index (χ2n) is 4.30. The van der Waals surface area contributed by atoms with Crippen LogP contribution in [0.2, 0.25) is 0 Å². The molecule has 1 saturated heterocycles. The van der Waals surface area contributed by atoms with Gasteiger partial charge in [-0.3, -0.25) is 14.9 Å². The van der Waals surface area contributed by atoms with Crippen molar-refractivity contribution < 1.29 is 9.72 Å². The number of nitrogens with zero attached hydrogens (tertiary/aromatic N) is 1. The van der Waals surface area contributed by atoms with E-state index in [-0.39, 0.29) is 17.6 Å². The van der Waals surface area contributed by atoms with Crippen LogP contribution in [0.3, 0.4) is 0 Å². The first-order valence-electron chi connectivity index (χ1n) is 5.95. The molecule has 1 aliphatic heterocycles. The lowest BCUT2D eigenvalue weighted by atomic mass is 10.0. The summed E-state index contributed by atoms with van der Waals surface area (Å²) in [5.74, 6) is -0.0800. The number of carbonyl (C=O) groups is 1. The number of hydrogen-bond acceptors (Lipinski definition) is 4. The molecular formula is C12H15N3O3. The van der Waals surface area contributed by atoms with E-state index in [0.29, 0.717) is 5.69 Å². The summed E-state index contributed by atoms with van der Waals surface area (Å²) >= 11 is 0. The van der Waals surface area contributed by atoms with Gasteiger partial charge in [0.25, 0.3) is 5.69 Å². The van der Waals surface area contributed by atoms with E-state index in [1.165, 1.54) is 12.1 Å². The van der Waals surface area contributed by atoms with Crippen LogP contribution in [0.5, 0.6) is 0 Å². The summed E-state index contributed by atoms with van der Waals surface area (Å²) in [6.45, 7) is 0.859. The lowest BCUT2D eigenvalue weighted by molar-refractivity contribution is -0.384. The maximum Gasteiger partial charge on any atom is 0.269 e. The van der Waals surface area contributed by atoms with E-state index < -0.39 is 4.92 Å². The number of rotatable bonds is 3. The highest BCUT2D eigenvalue weighted by Crippen LogP contribution is 2.16. The molecule has 1 fully saturated rings. The van der Waals surface area contributed by atoms with E-state index in [1.54, 1.807) is 12.1 Å². The lowest BCUT2D eigenvalue weighted by Gasteiger charge is -2.22. The number of hydrogen-bond donors (Lipinski definition) is 2. The Morgan fingerprint density at radius 3 is 2.61 bits per heavy atom. The number of nitro groups is 1. The Morgan fingerprint density at radius 2 is 2.06 bits per heavy atom. The predicted molar refractivity (Wildman–Crippen MR) is 67.4 cm³/mol. The number of carbonyl (C=O) groups excluding carboxylic acids is 1. The normalized spacial score (nSPS) is 19.2. The topological polar surface area (TPSA) is 84.3 Å². The van der Waals surface area contributed by atoms with Gasteiger partial charge in [-0.1, -0.05) is 6.42 Å². The third kappa shape index (κ3) is 3.04. The molecule has 1 aliphatic rings. The molecular weight excluding hydrogens is 234 g/mol. The van der Waals surface area contributed by atoms with Crippen LogP contribution in [0.15, 0.2) is 24.3 Å². The van der Waals surface area contributed by atoms with Crippen LogP contribution in [0.25, 0.3) is 0 Å². The van der Waals surface area contributed by atoms with Crippen LogP contribution in [-0.4, -0.2) is 23.4 Å². The average Bonchev–Trinajstić information content (AvgIpc) is 2.40. The molecule has 0 aromatic heterocycles. The Hall–Kier alpha value is -1.95. The zero-order valence-electron chi connectivity index (χ0n) is 9.89. The van der Waals surface area contributed by atoms with E-state index in [4.69, 9.17) is 0 Å². The molecule has 2 N–H and O–H groups in total. The molecule has 1 aromatic carbocycles. The van der Waals surface area contributed by atoms with Gasteiger partial charge in [0.1, 0.15) is 0 Å². The summed E-state index contributed by atoms with van der Waals surface area (Å²) in [6.07, 6.45) is 2.98. The van der Waals surface area contributed by atoms with Crippen molar-refractivity contribution in [3.05, 3.63) is 34.4 Å². The minimum Gasteiger partial charge on any atom is -0.325 e. The molecule has 1 atom stereocenters. The first kappa shape index (κ1) is 12.5. The number of anilines is 1. The third-order valence-electron chi connectivity index (χ3n) is 2.97. The van der Waals surface area contributed by atoms with E-state index in [1.807, 2.05) is 0 Å². The number of amides is 1. The Balaban J connectivity index is 1.96. The molecule has 96 valence electrons. The van der Waals surface area contributed by atoms with Gasteiger partial charge >= 0.3 is 0 Å². The van der Waals surface area contributed by atoms with Crippen LogP contribution in [-0.2, 0) is 4.79 Å². The summed E-state index contributed by atoms with van der Waals surface area (Å²) in [5, 5.41) is 16.4. The minimum atomic E-state index is -0.464. The van der Waals surface area contributed by atoms with E-state index in [9.17, 15) is 14.9 Å². The number of non-ortho nitro benzene ring substituents is 1. The highest BCUT2D eigenvalue weighted by Gasteiger charge is 2.20. The van der Waals surface area contributed by atoms with Crippen molar-refractivity contribution in [2.75, 3.05) is 11.9 Å². The molecule has 0 unspecified atom stereocenters. The Bertz CT molecular complexity index is 438. The highest BCUT2D eigenvalue weighted by molar-refractivity contribution is 5.94. The first-order chi connectivity index (χ1) is 8.66. The summed E-state index contributed by atoms with van der Waals surface area (Å²) in [5.41, 5.74) is 0.599. The fourth-order valence-electron chi connectivity index (χ4n) is 1.97. The van der Waals surface area contributed by atoms with Gasteiger partial charge in [0.2, 0.25) is 5.91 Å². The number of piperidine rings is 1. The van der Waals surface area contributed by atoms with Crippen molar-refractivity contribution in [3.8, 4) is 0 Å². The Morgan fingerprint density at radius 1 is 1.33 bits per heavy atom. The zero-order valence-corrected chi connectivity index (χ0v) is 9.89. The van der Waals surface area contributed by atoms with E-state index >= 15 is 0 Å². The summed E-state index contributed by atoms with van der Waals surface area (Å²) in [6, 6.07) is 5.68. The van der Waals surface area contributed by atoms with Crippen LogP contribution in [0, 0.1) is 10.1 Å². The van der Waals surface area contributed by atoms with Gasteiger partial charge in [-0.25, -0.2) is 0 Å². The van der Waals surface area contributed by atoms with Gasteiger partial charge in [0, 0.05) is 17.8 Å². The molecule has 1 heterocycles. The van der Waals surface area contributed by atoms with Gasteiger partial charge in [0.15, 0.2) is 0 Å². The summed E-state index contributed by atoms with van der Waals surface area (Å²) < 4.78 is 0. The largest absolute Gasteiger partial charge is 0.325 e. The minimum absolute atomic E-state index is 0.0174. The Kier molecular flexibility index (Phi) is 3.88. The van der Waals surface area contributed by atoms with Gasteiger partial charge in [-0.05, 0) is 31.5 Å². The second kappa shape index (κ2) is 5.59. The Labute approximate surface area is 105 Å². The molecule has 0 radical (unpaired) electrons. The molecule has 6 nitrogen and oxygen atoms in total. The molecule has 1 aromatic rings. The smallest absolute Gasteiger partial charge is 0.269 e. The number of nitrogens with one attached hydrogen (secondary N) is 2. The van der Waals surface area contributed by atoms with Gasteiger partial charge in [-0.15, -0.1) is 0 Å². The van der Waals surface area contributed by atoms with E-state index in [2.05, 4.69) is 10.6 Å². The van der Waals surface area contributed by atoms with Crippen molar-refractivity contribution in [1.82, 2.24) is 5.32 Å². The lowest BCUT2D eigenvalue weighted by Crippen LogP contribution is -2.43. The van der Waals surface area contributed by atoms with Gasteiger partial charge in [0.05, 0.1) is 11.0 Å². The van der Waals surface area contributed by atoms with Crippen LogP contribution >= 0.6 is 0 Å². The monoisotopic (exact) mass is 249 g/mol. The SMILES string of the molecule is O=C(Nc1ccc([N+](=O)[O-])cc1)[C@H]1CCCCN1. The summed E-state index contributed by atoms with van der Waals surface area (Å²) in [4.78, 5) is 21.9. The average molecular weight is 249 g/mol. The van der Waals surface area contributed by atoms with E-state index in [0.717, 1.165) is 25.8 Å². The molecule has 0 spiro atoms. The van der Waals surface area contributed by atoms with Crippen molar-refractivity contribution in [1.29, 1.82) is 0 Å². The van der Waals surface area contributed by atoms with Crippen molar-refractivity contribution >= 4 is 17.3 Å². The molecule has 0 saturated carbocycles. The molecule has 0 aliphatic carbocycles. The van der Waals surface area contributed by atoms with Crippen molar-refractivity contribution in [2.24, 2.45) is 0 Å². The maximum absolute atomic E-state index is 11.9. The summed E-state index contributed by atoms with van der Waals surface area (Å²) in [7, 11) is 0. The predicted octanol–water partition coefficient (Wildman–Crippen LogP) is 1.68.